The summed E-state index contributed by atoms with van der Waals surface area (Å²) in [6.07, 6.45) is 4.93. The number of carboxylic acids is 1. The van der Waals surface area contributed by atoms with Crippen LogP contribution in [0.5, 0.6) is 0 Å². The van der Waals surface area contributed by atoms with Gasteiger partial charge in [0.15, 0.2) is 5.65 Å². The van der Waals surface area contributed by atoms with E-state index in [9.17, 15) is 4.79 Å². The Hall–Kier alpha value is -1.66. The van der Waals surface area contributed by atoms with Gasteiger partial charge in [0.1, 0.15) is 0 Å². The van der Waals surface area contributed by atoms with Gasteiger partial charge in [-0.2, -0.15) is 5.10 Å². The molecular weight excluding hydrogens is 280 g/mol. The third kappa shape index (κ3) is 2.14. The minimum absolute atomic E-state index is 0.0158. The van der Waals surface area contributed by atoms with Crippen molar-refractivity contribution >= 4 is 28.6 Å². The molecule has 0 amide bonds. The van der Waals surface area contributed by atoms with E-state index in [1.807, 2.05) is 4.68 Å². The number of hydrogen-bond acceptors (Lipinski definition) is 4. The van der Waals surface area contributed by atoms with E-state index in [2.05, 4.69) is 22.0 Å². The first kappa shape index (κ1) is 13.3. The molecule has 0 unspecified atom stereocenters. The molecule has 1 saturated heterocycles. The number of rotatable bonds is 2. The van der Waals surface area contributed by atoms with Crippen LogP contribution in [-0.2, 0) is 0 Å². The van der Waals surface area contributed by atoms with E-state index < -0.39 is 5.97 Å². The van der Waals surface area contributed by atoms with E-state index in [-0.39, 0.29) is 10.6 Å². The van der Waals surface area contributed by atoms with Crippen LogP contribution in [0.25, 0.3) is 11.0 Å². The number of fused-ring (bicyclic) bond motifs is 1. The Balaban J connectivity index is 2.02. The van der Waals surface area contributed by atoms with Gasteiger partial charge >= 0.3 is 5.97 Å². The van der Waals surface area contributed by atoms with Gasteiger partial charge in [0.2, 0.25) is 0 Å². The lowest BCUT2D eigenvalue weighted by Gasteiger charge is -2.29. The van der Waals surface area contributed by atoms with Crippen LogP contribution >= 0.6 is 11.6 Å². The molecule has 0 bridgehead atoms. The Morgan fingerprint density at radius 3 is 2.75 bits per heavy atom. The Bertz CT molecular complexity index is 662. The highest BCUT2D eigenvalue weighted by atomic mass is 35.5. The maximum absolute atomic E-state index is 11.1. The molecule has 0 radical (unpaired) electrons. The molecule has 0 aromatic carbocycles. The lowest BCUT2D eigenvalue weighted by molar-refractivity contribution is 0.0697. The van der Waals surface area contributed by atoms with E-state index in [0.717, 1.165) is 25.9 Å². The van der Waals surface area contributed by atoms with Gasteiger partial charge in [0.05, 0.1) is 28.2 Å². The van der Waals surface area contributed by atoms with Gasteiger partial charge in [-0.3, -0.25) is 0 Å². The van der Waals surface area contributed by atoms with Gasteiger partial charge < -0.3 is 10.0 Å². The number of nitrogens with zero attached hydrogens (tertiary/aromatic N) is 4. The predicted molar refractivity (Wildman–Crippen MR) is 75.3 cm³/mol. The first-order valence-corrected chi connectivity index (χ1v) is 6.89. The number of carbonyl (C=O) groups is 1. The summed E-state index contributed by atoms with van der Waals surface area (Å²) in [6.45, 7) is 2.04. The highest BCUT2D eigenvalue weighted by molar-refractivity contribution is 6.37. The summed E-state index contributed by atoms with van der Waals surface area (Å²) in [6, 6.07) is 0.294. The van der Waals surface area contributed by atoms with Crippen LogP contribution in [-0.4, -0.2) is 50.9 Å². The maximum Gasteiger partial charge on any atom is 0.338 e. The van der Waals surface area contributed by atoms with Crippen molar-refractivity contribution in [1.82, 2.24) is 19.7 Å². The van der Waals surface area contributed by atoms with Crippen molar-refractivity contribution in [3.05, 3.63) is 23.0 Å². The Morgan fingerprint density at radius 2 is 2.10 bits per heavy atom. The van der Waals surface area contributed by atoms with Crippen LogP contribution in [0.1, 0.15) is 29.2 Å². The van der Waals surface area contributed by atoms with Crippen LogP contribution in [0.15, 0.2) is 12.4 Å². The second kappa shape index (κ2) is 5.03. The van der Waals surface area contributed by atoms with Crippen molar-refractivity contribution < 1.29 is 9.90 Å². The Labute approximate surface area is 121 Å². The summed E-state index contributed by atoms with van der Waals surface area (Å²) in [4.78, 5) is 17.6. The highest BCUT2D eigenvalue weighted by Gasteiger charge is 2.23. The zero-order chi connectivity index (χ0) is 14.3. The van der Waals surface area contributed by atoms with E-state index in [4.69, 9.17) is 16.7 Å². The minimum atomic E-state index is -1.07. The van der Waals surface area contributed by atoms with Gasteiger partial charge in [-0.15, -0.1) is 0 Å². The van der Waals surface area contributed by atoms with Crippen LogP contribution in [0.3, 0.4) is 0 Å². The van der Waals surface area contributed by atoms with Crippen LogP contribution < -0.4 is 0 Å². The maximum atomic E-state index is 11.1. The van der Waals surface area contributed by atoms with Gasteiger partial charge in [0, 0.05) is 6.20 Å². The van der Waals surface area contributed by atoms with Crippen LogP contribution in [0, 0.1) is 0 Å². The van der Waals surface area contributed by atoms with Crippen LogP contribution in [0.4, 0.5) is 0 Å². The smallest absolute Gasteiger partial charge is 0.338 e. The molecule has 0 atom stereocenters. The molecule has 106 valence electrons. The normalized spacial score (nSPS) is 17.7. The molecular formula is C13H15ClN4O2. The number of aromatic carboxylic acids is 1. The number of hydrogen-bond donors (Lipinski definition) is 1. The largest absolute Gasteiger partial charge is 0.478 e. The molecule has 3 heterocycles. The molecule has 1 aliphatic heterocycles. The van der Waals surface area contributed by atoms with E-state index in [0.29, 0.717) is 17.1 Å². The van der Waals surface area contributed by atoms with Crippen molar-refractivity contribution in [2.24, 2.45) is 0 Å². The summed E-state index contributed by atoms with van der Waals surface area (Å²) in [5, 5.41) is 14.2. The fraction of sp³-hybridized carbons (Fsp3) is 0.462. The number of pyridine rings is 1. The molecule has 3 rings (SSSR count). The zero-order valence-electron chi connectivity index (χ0n) is 11.1. The molecule has 2 aromatic rings. The standard InChI is InChI=1S/C13H15ClN4O2/c1-17-4-2-8(3-5-17)18-12-9(7-16-18)11(14)10(6-15-12)13(19)20/h6-8H,2-5H2,1H3,(H,19,20). The molecule has 20 heavy (non-hydrogen) atoms. The predicted octanol–water partition coefficient (Wildman–Crippen LogP) is 2.05. The lowest BCUT2D eigenvalue weighted by atomic mass is 10.1. The molecule has 7 heteroatoms. The average Bonchev–Trinajstić information content (AvgIpc) is 2.84. The molecule has 0 saturated carbocycles. The summed E-state index contributed by atoms with van der Waals surface area (Å²) < 4.78 is 1.87. The molecule has 0 aliphatic carbocycles. The molecule has 1 fully saturated rings. The molecule has 1 N–H and O–H groups in total. The number of piperidine rings is 1. The first-order valence-electron chi connectivity index (χ1n) is 6.51. The summed E-state index contributed by atoms with van der Waals surface area (Å²) in [7, 11) is 2.10. The van der Waals surface area contributed by atoms with E-state index in [1.54, 1.807) is 6.20 Å². The SMILES string of the molecule is CN1CCC(n2ncc3c(Cl)c(C(=O)O)cnc32)CC1. The second-order valence-electron chi connectivity index (χ2n) is 5.15. The number of likely N-dealkylation sites (tertiary alicyclic amines) is 1. The van der Waals surface area contributed by atoms with E-state index >= 15 is 0 Å². The Kier molecular flexibility index (Phi) is 3.35. The van der Waals surface area contributed by atoms with E-state index in [1.165, 1.54) is 6.20 Å². The minimum Gasteiger partial charge on any atom is -0.478 e. The van der Waals surface area contributed by atoms with Gasteiger partial charge in [-0.05, 0) is 33.0 Å². The summed E-state index contributed by atoms with van der Waals surface area (Å²) in [5.74, 6) is -1.07. The van der Waals surface area contributed by atoms with Crippen molar-refractivity contribution in [3.63, 3.8) is 0 Å². The van der Waals surface area contributed by atoms with Crippen molar-refractivity contribution in [2.75, 3.05) is 20.1 Å². The molecule has 0 spiro atoms. The first-order chi connectivity index (χ1) is 9.58. The lowest BCUT2D eigenvalue weighted by Crippen LogP contribution is -2.31. The van der Waals surface area contributed by atoms with Crippen molar-refractivity contribution in [1.29, 1.82) is 0 Å². The summed E-state index contributed by atoms with van der Waals surface area (Å²) >= 11 is 6.13. The van der Waals surface area contributed by atoms with Crippen molar-refractivity contribution in [2.45, 2.75) is 18.9 Å². The quantitative estimate of drug-likeness (QED) is 0.918. The fourth-order valence-electron chi connectivity index (χ4n) is 2.62. The van der Waals surface area contributed by atoms with Gasteiger partial charge in [-0.25, -0.2) is 14.5 Å². The molecule has 1 aliphatic rings. The molecule has 2 aromatic heterocycles. The number of carboxylic acid groups (broad SMARTS) is 1. The second-order valence-corrected chi connectivity index (χ2v) is 5.53. The third-order valence-corrected chi connectivity index (χ3v) is 4.23. The van der Waals surface area contributed by atoms with Crippen molar-refractivity contribution in [3.8, 4) is 0 Å². The zero-order valence-corrected chi connectivity index (χ0v) is 11.8. The topological polar surface area (TPSA) is 71.2 Å². The Morgan fingerprint density at radius 1 is 1.40 bits per heavy atom. The average molecular weight is 295 g/mol. The number of halogens is 1. The van der Waals surface area contributed by atoms with Crippen LogP contribution in [0.2, 0.25) is 5.02 Å². The third-order valence-electron chi connectivity index (χ3n) is 3.82. The fourth-order valence-corrected chi connectivity index (χ4v) is 2.89. The van der Waals surface area contributed by atoms with Gasteiger partial charge in [0.25, 0.3) is 0 Å². The molecule has 6 nitrogen and oxygen atoms in total. The number of aromatic nitrogens is 3. The monoisotopic (exact) mass is 294 g/mol. The highest BCUT2D eigenvalue weighted by Crippen LogP contribution is 2.29. The summed E-state index contributed by atoms with van der Waals surface area (Å²) in [5.41, 5.74) is 0.677. The van der Waals surface area contributed by atoms with Gasteiger partial charge in [-0.1, -0.05) is 11.6 Å².